The molecule has 0 bridgehead atoms. The van der Waals surface area contributed by atoms with Crippen LogP contribution >= 0.6 is 11.6 Å². The number of hydrogen-bond acceptors (Lipinski definition) is 4. The highest BCUT2D eigenvalue weighted by molar-refractivity contribution is 6.30. The Bertz CT molecular complexity index is 670. The number of aromatic nitrogens is 1. The molecule has 0 aliphatic heterocycles. The molecule has 2 aromatic rings. The molecule has 0 radical (unpaired) electrons. The first-order chi connectivity index (χ1) is 9.26. The summed E-state index contributed by atoms with van der Waals surface area (Å²) in [7, 11) is 0. The molecule has 2 rings (SSSR count). The summed E-state index contributed by atoms with van der Waals surface area (Å²) in [5.74, 6) is 0. The smallest absolute Gasteiger partial charge is 0.343 e. The normalized spacial score (nSPS) is 11.4. The van der Waals surface area contributed by atoms with Crippen molar-refractivity contribution in [2.45, 2.75) is 33.2 Å². The van der Waals surface area contributed by atoms with Gasteiger partial charge in [0.15, 0.2) is 0 Å². The lowest BCUT2D eigenvalue weighted by Gasteiger charge is -2.20. The molecule has 0 fully saturated rings. The Hall–Kier alpha value is -1.81. The van der Waals surface area contributed by atoms with E-state index in [0.717, 1.165) is 5.56 Å². The van der Waals surface area contributed by atoms with Gasteiger partial charge < -0.3 is 9.73 Å². The van der Waals surface area contributed by atoms with Gasteiger partial charge in [-0.2, -0.15) is 4.98 Å². The summed E-state index contributed by atoms with van der Waals surface area (Å²) >= 11 is 5.88. The van der Waals surface area contributed by atoms with Gasteiger partial charge in [0.2, 0.25) is 0 Å². The third-order valence-corrected chi connectivity index (χ3v) is 2.92. The summed E-state index contributed by atoms with van der Waals surface area (Å²) in [5.41, 5.74) is 1.28. The van der Waals surface area contributed by atoms with Crippen molar-refractivity contribution in [3.63, 3.8) is 0 Å². The van der Waals surface area contributed by atoms with E-state index < -0.39 is 5.63 Å². The van der Waals surface area contributed by atoms with E-state index in [-0.39, 0.29) is 11.6 Å². The second-order valence-corrected chi connectivity index (χ2v) is 6.10. The van der Waals surface area contributed by atoms with Crippen LogP contribution in [0.4, 0.5) is 6.01 Å². The van der Waals surface area contributed by atoms with Crippen LogP contribution in [0.15, 0.2) is 33.5 Å². The van der Waals surface area contributed by atoms with Crippen molar-refractivity contribution in [3.8, 4) is 11.3 Å². The number of hydrogen-bond donors (Lipinski definition) is 1. The highest BCUT2D eigenvalue weighted by Crippen LogP contribution is 2.23. The van der Waals surface area contributed by atoms with Gasteiger partial charge in [0.05, 0.1) is 11.3 Å². The molecule has 0 aliphatic rings. The van der Waals surface area contributed by atoms with Crippen LogP contribution in [-0.4, -0.2) is 10.5 Å². The van der Waals surface area contributed by atoms with Crippen LogP contribution < -0.4 is 10.9 Å². The monoisotopic (exact) mass is 292 g/mol. The van der Waals surface area contributed by atoms with E-state index in [1.165, 1.54) is 0 Å². The molecule has 0 unspecified atom stereocenters. The average Bonchev–Trinajstić information content (AvgIpc) is 2.33. The van der Waals surface area contributed by atoms with E-state index in [1.54, 1.807) is 19.1 Å². The topological polar surface area (TPSA) is 55.1 Å². The number of benzene rings is 1. The van der Waals surface area contributed by atoms with Crippen LogP contribution in [0.5, 0.6) is 0 Å². The lowest BCUT2D eigenvalue weighted by atomic mass is 10.1. The first kappa shape index (κ1) is 14.6. The van der Waals surface area contributed by atoms with Crippen LogP contribution in [0.2, 0.25) is 5.02 Å². The van der Waals surface area contributed by atoms with Gasteiger partial charge in [0.25, 0.3) is 6.01 Å². The zero-order chi connectivity index (χ0) is 14.9. The Morgan fingerprint density at radius 1 is 1.20 bits per heavy atom. The summed E-state index contributed by atoms with van der Waals surface area (Å²) in [5, 5.41) is 3.71. The summed E-state index contributed by atoms with van der Waals surface area (Å²) in [6, 6.07) is 7.42. The largest absolute Gasteiger partial charge is 0.389 e. The van der Waals surface area contributed by atoms with Crippen molar-refractivity contribution < 1.29 is 4.42 Å². The summed E-state index contributed by atoms with van der Waals surface area (Å²) in [4.78, 5) is 16.3. The zero-order valence-electron chi connectivity index (χ0n) is 12.0. The fraction of sp³-hybridized carbons (Fsp3) is 0.333. The molecule has 0 spiro atoms. The number of nitrogens with one attached hydrogen (secondary N) is 1. The molecule has 1 aromatic heterocycles. The molecule has 1 N–H and O–H groups in total. The molecule has 4 nitrogen and oxygen atoms in total. The highest BCUT2D eigenvalue weighted by atomic mass is 35.5. The van der Waals surface area contributed by atoms with E-state index in [1.807, 2.05) is 32.9 Å². The zero-order valence-corrected chi connectivity index (χ0v) is 12.7. The quantitative estimate of drug-likeness (QED) is 0.913. The molecule has 0 amide bonds. The Balaban J connectivity index is 2.52. The van der Waals surface area contributed by atoms with Crippen LogP contribution in [0.3, 0.4) is 0 Å². The number of nitrogens with zero attached hydrogens (tertiary/aromatic N) is 1. The van der Waals surface area contributed by atoms with Gasteiger partial charge in [0.1, 0.15) is 0 Å². The molecular weight excluding hydrogens is 276 g/mol. The Labute approximate surface area is 122 Å². The standard InChI is InChI=1S/C15H17ClN2O2/c1-9-12(10-5-7-11(16)8-6-10)17-14(20-13(9)19)18-15(2,3)4/h5-8H,1-4H3,(H,17,18). The molecule has 1 heterocycles. The minimum Gasteiger partial charge on any atom is -0.389 e. The third kappa shape index (κ3) is 3.39. The van der Waals surface area contributed by atoms with E-state index in [4.69, 9.17) is 16.0 Å². The fourth-order valence-corrected chi connectivity index (χ4v) is 1.86. The molecule has 1 aromatic carbocycles. The molecule has 0 aliphatic carbocycles. The van der Waals surface area contributed by atoms with Crippen LogP contribution in [0.1, 0.15) is 26.3 Å². The van der Waals surface area contributed by atoms with Gasteiger partial charge in [-0.25, -0.2) is 4.79 Å². The van der Waals surface area contributed by atoms with Crippen LogP contribution in [-0.2, 0) is 0 Å². The van der Waals surface area contributed by atoms with E-state index >= 15 is 0 Å². The number of rotatable bonds is 2. The maximum Gasteiger partial charge on any atom is 0.343 e. The van der Waals surface area contributed by atoms with Gasteiger partial charge >= 0.3 is 5.63 Å². The minimum absolute atomic E-state index is 0.220. The number of halogens is 1. The second-order valence-electron chi connectivity index (χ2n) is 5.66. The highest BCUT2D eigenvalue weighted by Gasteiger charge is 2.16. The minimum atomic E-state index is -0.392. The molecule has 106 valence electrons. The van der Waals surface area contributed by atoms with Crippen molar-refractivity contribution >= 4 is 17.6 Å². The lowest BCUT2D eigenvalue weighted by molar-refractivity contribution is 0.478. The van der Waals surface area contributed by atoms with Gasteiger partial charge in [-0.1, -0.05) is 23.7 Å². The maximum atomic E-state index is 11.9. The van der Waals surface area contributed by atoms with Gasteiger partial charge in [-0.05, 0) is 39.8 Å². The van der Waals surface area contributed by atoms with Crippen molar-refractivity contribution in [2.24, 2.45) is 0 Å². The lowest BCUT2D eigenvalue weighted by Crippen LogP contribution is -2.27. The Morgan fingerprint density at radius 2 is 1.80 bits per heavy atom. The Morgan fingerprint density at radius 3 is 2.35 bits per heavy atom. The molecule has 0 saturated heterocycles. The molecule has 5 heteroatoms. The van der Waals surface area contributed by atoms with Gasteiger partial charge in [-0.3, -0.25) is 0 Å². The van der Waals surface area contributed by atoms with Crippen molar-refractivity contribution in [2.75, 3.05) is 5.32 Å². The van der Waals surface area contributed by atoms with E-state index in [2.05, 4.69) is 10.3 Å². The molecule has 20 heavy (non-hydrogen) atoms. The first-order valence-electron chi connectivity index (χ1n) is 6.32. The predicted molar refractivity (Wildman–Crippen MR) is 81.3 cm³/mol. The summed E-state index contributed by atoms with van der Waals surface area (Å²) < 4.78 is 5.17. The van der Waals surface area contributed by atoms with Crippen LogP contribution in [0.25, 0.3) is 11.3 Å². The van der Waals surface area contributed by atoms with Crippen molar-refractivity contribution in [3.05, 3.63) is 45.3 Å². The van der Waals surface area contributed by atoms with Gasteiger partial charge in [-0.15, -0.1) is 0 Å². The predicted octanol–water partition coefficient (Wildman–Crippen LogP) is 3.87. The Kier molecular flexibility index (Phi) is 3.86. The SMILES string of the molecule is Cc1c(-c2ccc(Cl)cc2)nc(NC(C)(C)C)oc1=O. The van der Waals surface area contributed by atoms with Gasteiger partial charge in [0, 0.05) is 16.1 Å². The molecular formula is C15H17ClN2O2. The maximum absolute atomic E-state index is 11.9. The second kappa shape index (κ2) is 5.29. The van der Waals surface area contributed by atoms with Crippen molar-refractivity contribution in [1.29, 1.82) is 0 Å². The summed E-state index contributed by atoms with van der Waals surface area (Å²) in [6.45, 7) is 7.60. The fourth-order valence-electron chi connectivity index (χ4n) is 1.73. The van der Waals surface area contributed by atoms with E-state index in [9.17, 15) is 4.79 Å². The van der Waals surface area contributed by atoms with Crippen LogP contribution in [0, 0.1) is 6.92 Å². The van der Waals surface area contributed by atoms with Crippen molar-refractivity contribution in [1.82, 2.24) is 4.98 Å². The summed E-state index contributed by atoms with van der Waals surface area (Å²) in [6.07, 6.45) is 0. The number of anilines is 1. The average molecular weight is 293 g/mol. The first-order valence-corrected chi connectivity index (χ1v) is 6.70. The molecule has 0 atom stereocenters. The van der Waals surface area contributed by atoms with E-state index in [0.29, 0.717) is 16.3 Å². The third-order valence-electron chi connectivity index (χ3n) is 2.66. The molecule has 0 saturated carbocycles.